The quantitative estimate of drug-likeness (QED) is 0.553. The van der Waals surface area contributed by atoms with Gasteiger partial charge >= 0.3 is 0 Å². The van der Waals surface area contributed by atoms with Crippen LogP contribution in [0.3, 0.4) is 0 Å². The molecule has 0 saturated carbocycles. The van der Waals surface area contributed by atoms with Crippen molar-refractivity contribution in [3.8, 4) is 0 Å². The molecular formula is C14H29N3O2S. The lowest BCUT2D eigenvalue weighted by Crippen LogP contribution is -2.45. The van der Waals surface area contributed by atoms with Gasteiger partial charge < -0.3 is 10.6 Å². The Labute approximate surface area is 123 Å². The van der Waals surface area contributed by atoms with E-state index < -0.39 is 9.84 Å². The summed E-state index contributed by atoms with van der Waals surface area (Å²) >= 11 is 0. The molecule has 0 radical (unpaired) electrons. The highest BCUT2D eigenvalue weighted by Gasteiger charge is 2.28. The summed E-state index contributed by atoms with van der Waals surface area (Å²) in [4.78, 5) is 4.19. The minimum Gasteiger partial charge on any atom is -0.356 e. The highest BCUT2D eigenvalue weighted by molar-refractivity contribution is 7.91. The van der Waals surface area contributed by atoms with Crippen LogP contribution in [-0.4, -0.2) is 45.5 Å². The lowest BCUT2D eigenvalue weighted by atomic mass is 9.99. The second kappa shape index (κ2) is 8.49. The van der Waals surface area contributed by atoms with Gasteiger partial charge in [-0.1, -0.05) is 33.1 Å². The second-order valence-electron chi connectivity index (χ2n) is 5.61. The Morgan fingerprint density at radius 1 is 1.40 bits per heavy atom. The normalized spacial score (nSPS) is 23.6. The van der Waals surface area contributed by atoms with Crippen molar-refractivity contribution in [2.24, 2.45) is 10.9 Å². The molecule has 2 unspecified atom stereocenters. The van der Waals surface area contributed by atoms with E-state index in [1.807, 2.05) is 0 Å². The molecule has 0 spiro atoms. The first-order valence-electron chi connectivity index (χ1n) is 7.68. The number of hydrogen-bond acceptors (Lipinski definition) is 3. The smallest absolute Gasteiger partial charge is 0.191 e. The molecule has 20 heavy (non-hydrogen) atoms. The summed E-state index contributed by atoms with van der Waals surface area (Å²) in [5.74, 6) is 1.89. The van der Waals surface area contributed by atoms with Gasteiger partial charge in [-0.3, -0.25) is 4.99 Å². The zero-order valence-corrected chi connectivity index (χ0v) is 13.8. The van der Waals surface area contributed by atoms with E-state index in [1.54, 1.807) is 7.05 Å². The van der Waals surface area contributed by atoms with Gasteiger partial charge in [0.15, 0.2) is 15.8 Å². The highest BCUT2D eigenvalue weighted by Crippen LogP contribution is 2.12. The Balaban J connectivity index is 2.36. The molecule has 2 atom stereocenters. The molecule has 0 bridgehead atoms. The molecule has 0 amide bonds. The van der Waals surface area contributed by atoms with Gasteiger partial charge in [-0.05, 0) is 18.8 Å². The topological polar surface area (TPSA) is 70.6 Å². The highest BCUT2D eigenvalue weighted by atomic mass is 32.2. The summed E-state index contributed by atoms with van der Waals surface area (Å²) in [6.45, 7) is 5.32. The van der Waals surface area contributed by atoms with E-state index in [0.717, 1.165) is 18.9 Å². The van der Waals surface area contributed by atoms with E-state index >= 15 is 0 Å². The monoisotopic (exact) mass is 303 g/mol. The first-order valence-corrected chi connectivity index (χ1v) is 9.50. The first kappa shape index (κ1) is 17.3. The fourth-order valence-electron chi connectivity index (χ4n) is 2.48. The molecule has 1 aliphatic rings. The van der Waals surface area contributed by atoms with Crippen LogP contribution in [0.15, 0.2) is 4.99 Å². The average Bonchev–Trinajstić information content (AvgIpc) is 2.76. The van der Waals surface area contributed by atoms with Crippen molar-refractivity contribution in [1.82, 2.24) is 10.6 Å². The Morgan fingerprint density at radius 3 is 2.65 bits per heavy atom. The van der Waals surface area contributed by atoms with Gasteiger partial charge in [0.25, 0.3) is 0 Å². The van der Waals surface area contributed by atoms with Crippen LogP contribution in [0.1, 0.15) is 46.0 Å². The number of hydrogen-bond donors (Lipinski definition) is 2. The van der Waals surface area contributed by atoms with Gasteiger partial charge in [-0.25, -0.2) is 8.42 Å². The molecule has 0 aromatic heterocycles. The number of nitrogens with zero attached hydrogens (tertiary/aromatic N) is 1. The summed E-state index contributed by atoms with van der Waals surface area (Å²) < 4.78 is 22.9. The molecule has 1 fully saturated rings. The Morgan fingerprint density at radius 2 is 2.15 bits per heavy atom. The molecule has 0 aromatic rings. The number of sulfone groups is 1. The summed E-state index contributed by atoms with van der Waals surface area (Å²) in [7, 11) is -1.11. The van der Waals surface area contributed by atoms with Crippen LogP contribution >= 0.6 is 0 Å². The maximum atomic E-state index is 11.4. The van der Waals surface area contributed by atoms with Gasteiger partial charge in [0.2, 0.25) is 0 Å². The number of nitrogens with one attached hydrogen (secondary N) is 2. The number of unbranched alkanes of at least 4 members (excludes halogenated alkanes) is 1. The van der Waals surface area contributed by atoms with E-state index in [-0.39, 0.29) is 17.5 Å². The fourth-order valence-corrected chi connectivity index (χ4v) is 4.15. The van der Waals surface area contributed by atoms with Crippen LogP contribution in [0.2, 0.25) is 0 Å². The third-order valence-electron chi connectivity index (χ3n) is 3.90. The Kier molecular flexibility index (Phi) is 7.34. The SMILES string of the molecule is CCCCC(CC)CNC(=NC)NC1CCS(=O)(=O)C1. The van der Waals surface area contributed by atoms with Crippen LogP contribution in [-0.2, 0) is 9.84 Å². The predicted octanol–water partition coefficient (Wildman–Crippen LogP) is 1.55. The minimum absolute atomic E-state index is 0.00178. The third kappa shape index (κ3) is 6.11. The van der Waals surface area contributed by atoms with E-state index in [4.69, 9.17) is 0 Å². The van der Waals surface area contributed by atoms with Gasteiger partial charge in [-0.15, -0.1) is 0 Å². The van der Waals surface area contributed by atoms with Crippen LogP contribution in [0.25, 0.3) is 0 Å². The van der Waals surface area contributed by atoms with Crippen LogP contribution < -0.4 is 10.6 Å². The number of guanidine groups is 1. The van der Waals surface area contributed by atoms with Crippen molar-refractivity contribution in [3.05, 3.63) is 0 Å². The van der Waals surface area contributed by atoms with E-state index in [2.05, 4.69) is 29.5 Å². The van der Waals surface area contributed by atoms with Gasteiger partial charge in [0.1, 0.15) is 0 Å². The van der Waals surface area contributed by atoms with Gasteiger partial charge in [0.05, 0.1) is 11.5 Å². The number of aliphatic imine (C=N–C) groups is 1. The van der Waals surface area contributed by atoms with Crippen molar-refractivity contribution in [2.45, 2.75) is 52.0 Å². The fraction of sp³-hybridized carbons (Fsp3) is 0.929. The molecule has 2 N–H and O–H groups in total. The number of rotatable bonds is 7. The summed E-state index contributed by atoms with van der Waals surface area (Å²) in [6, 6.07) is 0.00178. The second-order valence-corrected chi connectivity index (χ2v) is 7.84. The maximum absolute atomic E-state index is 11.4. The summed E-state index contributed by atoms with van der Waals surface area (Å²) in [6.07, 6.45) is 5.54. The van der Waals surface area contributed by atoms with Crippen molar-refractivity contribution < 1.29 is 8.42 Å². The summed E-state index contributed by atoms with van der Waals surface area (Å²) in [5, 5.41) is 6.54. The maximum Gasteiger partial charge on any atom is 0.191 e. The van der Waals surface area contributed by atoms with E-state index in [0.29, 0.717) is 12.3 Å². The molecule has 118 valence electrons. The molecule has 0 aliphatic carbocycles. The molecule has 6 heteroatoms. The van der Waals surface area contributed by atoms with Crippen molar-refractivity contribution in [3.63, 3.8) is 0 Å². The molecule has 0 aromatic carbocycles. The lowest BCUT2D eigenvalue weighted by molar-refractivity contribution is 0.442. The molecule has 1 aliphatic heterocycles. The first-order chi connectivity index (χ1) is 9.50. The Hall–Kier alpha value is -0.780. The zero-order chi connectivity index (χ0) is 15.0. The minimum atomic E-state index is -2.84. The molecular weight excluding hydrogens is 274 g/mol. The van der Waals surface area contributed by atoms with Crippen LogP contribution in [0.4, 0.5) is 0 Å². The molecule has 1 heterocycles. The van der Waals surface area contributed by atoms with E-state index in [9.17, 15) is 8.42 Å². The standard InChI is InChI=1S/C14H29N3O2S/c1-4-6-7-12(5-2)10-16-14(15-3)17-13-8-9-20(18,19)11-13/h12-13H,4-11H2,1-3H3,(H2,15,16,17). The van der Waals surface area contributed by atoms with E-state index in [1.165, 1.54) is 19.3 Å². The molecule has 1 saturated heterocycles. The lowest BCUT2D eigenvalue weighted by Gasteiger charge is -2.20. The van der Waals surface area contributed by atoms with Crippen LogP contribution in [0, 0.1) is 5.92 Å². The van der Waals surface area contributed by atoms with Crippen LogP contribution in [0.5, 0.6) is 0 Å². The van der Waals surface area contributed by atoms with Crippen molar-refractivity contribution >= 4 is 15.8 Å². The van der Waals surface area contributed by atoms with Crippen molar-refractivity contribution in [1.29, 1.82) is 0 Å². The molecule has 1 rings (SSSR count). The third-order valence-corrected chi connectivity index (χ3v) is 5.67. The van der Waals surface area contributed by atoms with Gasteiger partial charge in [-0.2, -0.15) is 0 Å². The zero-order valence-electron chi connectivity index (χ0n) is 13.0. The predicted molar refractivity (Wildman–Crippen MR) is 84.9 cm³/mol. The summed E-state index contributed by atoms with van der Waals surface area (Å²) in [5.41, 5.74) is 0. The van der Waals surface area contributed by atoms with Crippen molar-refractivity contribution in [2.75, 3.05) is 25.1 Å². The average molecular weight is 303 g/mol. The molecule has 5 nitrogen and oxygen atoms in total. The largest absolute Gasteiger partial charge is 0.356 e. The van der Waals surface area contributed by atoms with Gasteiger partial charge in [0, 0.05) is 19.6 Å². The Bertz CT molecular complexity index is 407.